The molecule has 0 aliphatic carbocycles. The van der Waals surface area contributed by atoms with Gasteiger partial charge in [-0.15, -0.1) is 5.10 Å². The smallest absolute Gasteiger partial charge is 0.356 e. The number of hydrogen-bond donors (Lipinski definition) is 0. The Morgan fingerprint density at radius 2 is 1.26 bits per heavy atom. The zero-order valence-corrected chi connectivity index (χ0v) is 28.2. The summed E-state index contributed by atoms with van der Waals surface area (Å²) in [4.78, 5) is 17.3. The molecule has 0 N–H and O–H groups in total. The van der Waals surface area contributed by atoms with Crippen molar-refractivity contribution in [3.8, 4) is 22.5 Å². The summed E-state index contributed by atoms with van der Waals surface area (Å²) >= 11 is 0. The van der Waals surface area contributed by atoms with Crippen LogP contribution in [0.1, 0.15) is 58.8 Å². The minimum absolute atomic E-state index is 0.313. The summed E-state index contributed by atoms with van der Waals surface area (Å²) in [5, 5.41) is 13.8. The number of aromatic nitrogens is 6. The van der Waals surface area contributed by atoms with Gasteiger partial charge in [0, 0.05) is 18.5 Å². The number of rotatable bonds is 12. The molecule has 248 valence electrons. The largest absolute Gasteiger partial charge is 0.461 e. The quantitative estimate of drug-likeness (QED) is 0.0971. The van der Waals surface area contributed by atoms with E-state index in [2.05, 4.69) is 126 Å². The van der Waals surface area contributed by atoms with Gasteiger partial charge in [-0.2, -0.15) is 0 Å². The highest BCUT2D eigenvalue weighted by atomic mass is 16.5. The van der Waals surface area contributed by atoms with Gasteiger partial charge in [0.2, 0.25) is 0 Å². The summed E-state index contributed by atoms with van der Waals surface area (Å²) in [5.41, 5.74) is 6.70. The summed E-state index contributed by atoms with van der Waals surface area (Å²) in [6.07, 6.45) is 3.32. The Bertz CT molecular complexity index is 2080. The van der Waals surface area contributed by atoms with E-state index in [1.54, 1.807) is 6.20 Å². The number of benzene rings is 5. The molecule has 7 aromatic rings. The van der Waals surface area contributed by atoms with Crippen LogP contribution >= 0.6 is 0 Å². The van der Waals surface area contributed by atoms with E-state index >= 15 is 0 Å². The fraction of sp³-hybridized carbons (Fsp3) is 0.167. The molecule has 0 unspecified atom stereocenters. The number of esters is 1. The Balaban J connectivity index is 1.33. The maximum Gasteiger partial charge on any atom is 0.356 e. The van der Waals surface area contributed by atoms with Gasteiger partial charge < -0.3 is 9.30 Å². The van der Waals surface area contributed by atoms with Crippen LogP contribution in [0.5, 0.6) is 0 Å². The van der Waals surface area contributed by atoms with Crippen molar-refractivity contribution in [1.29, 1.82) is 0 Å². The first kappa shape index (κ1) is 32.4. The average Bonchev–Trinajstić information content (AvgIpc) is 3.82. The summed E-state index contributed by atoms with van der Waals surface area (Å²) in [5.74, 6) is 1.15. The Kier molecular flexibility index (Phi) is 9.42. The first-order valence-corrected chi connectivity index (χ1v) is 17.0. The summed E-state index contributed by atoms with van der Waals surface area (Å²) in [6.45, 7) is 4.74. The highest BCUT2D eigenvalue weighted by molar-refractivity contribution is 5.87. The maximum atomic E-state index is 12.7. The van der Waals surface area contributed by atoms with E-state index in [0.717, 1.165) is 57.6 Å². The molecular formula is C42H38N6O2. The molecule has 0 fully saturated rings. The van der Waals surface area contributed by atoms with Crippen LogP contribution in [0.2, 0.25) is 0 Å². The summed E-state index contributed by atoms with van der Waals surface area (Å²) < 4.78 is 9.25. The van der Waals surface area contributed by atoms with Crippen LogP contribution in [-0.2, 0) is 23.2 Å². The molecule has 8 heteroatoms. The van der Waals surface area contributed by atoms with Crippen molar-refractivity contribution < 1.29 is 9.53 Å². The number of ether oxygens (including phenoxy) is 1. The van der Waals surface area contributed by atoms with Gasteiger partial charge in [0.05, 0.1) is 12.8 Å². The third-order valence-electron chi connectivity index (χ3n) is 9.03. The van der Waals surface area contributed by atoms with Crippen LogP contribution in [0.25, 0.3) is 22.5 Å². The molecule has 2 aromatic heterocycles. The topological polar surface area (TPSA) is 87.7 Å². The minimum atomic E-state index is -0.864. The molecule has 0 spiro atoms. The molecule has 0 saturated heterocycles. The molecule has 0 aliphatic rings. The number of imidazole rings is 1. The van der Waals surface area contributed by atoms with E-state index in [1.165, 1.54) is 0 Å². The van der Waals surface area contributed by atoms with Gasteiger partial charge in [-0.25, -0.2) is 14.5 Å². The normalized spacial score (nSPS) is 11.4. The number of nitrogens with zero attached hydrogens (tertiary/aromatic N) is 6. The zero-order chi connectivity index (χ0) is 34.3. The molecule has 0 bridgehead atoms. The predicted octanol–water partition coefficient (Wildman–Crippen LogP) is 8.22. The highest BCUT2D eigenvalue weighted by Crippen LogP contribution is 2.43. The molecule has 0 radical (unpaired) electrons. The lowest BCUT2D eigenvalue weighted by Gasteiger charge is -2.36. The third-order valence-corrected chi connectivity index (χ3v) is 9.03. The molecule has 7 rings (SSSR count). The highest BCUT2D eigenvalue weighted by Gasteiger charge is 2.42. The predicted molar refractivity (Wildman–Crippen MR) is 195 cm³/mol. The molecule has 0 saturated carbocycles. The van der Waals surface area contributed by atoms with Gasteiger partial charge in [-0.3, -0.25) is 0 Å². The lowest BCUT2D eigenvalue weighted by molar-refractivity contribution is 0.0514. The molecule has 0 amide bonds. The van der Waals surface area contributed by atoms with E-state index in [4.69, 9.17) is 15.0 Å². The average molecular weight is 659 g/mol. The summed E-state index contributed by atoms with van der Waals surface area (Å²) in [6, 6.07) is 47.9. The number of aryl methyl sites for hydroxylation is 1. The van der Waals surface area contributed by atoms with E-state index in [-0.39, 0.29) is 5.97 Å². The van der Waals surface area contributed by atoms with Crippen LogP contribution in [0, 0.1) is 0 Å². The van der Waals surface area contributed by atoms with Crippen LogP contribution in [0.15, 0.2) is 146 Å². The van der Waals surface area contributed by atoms with E-state index in [9.17, 15) is 4.79 Å². The first-order chi connectivity index (χ1) is 24.6. The minimum Gasteiger partial charge on any atom is -0.461 e. The number of tetrazole rings is 1. The van der Waals surface area contributed by atoms with Gasteiger partial charge in [0.1, 0.15) is 17.1 Å². The third kappa shape index (κ3) is 6.00. The van der Waals surface area contributed by atoms with Crippen molar-refractivity contribution in [2.45, 2.75) is 38.8 Å². The Labute approximate surface area is 292 Å². The number of carbonyl (C=O) groups excluding carboxylic acids is 1. The maximum absolute atomic E-state index is 12.7. The summed E-state index contributed by atoms with van der Waals surface area (Å²) in [7, 11) is 0. The Hall–Kier alpha value is -6.15. The van der Waals surface area contributed by atoms with Crippen molar-refractivity contribution in [2.75, 3.05) is 6.61 Å². The molecule has 8 nitrogen and oxygen atoms in total. The van der Waals surface area contributed by atoms with E-state index in [1.807, 2.05) is 46.5 Å². The van der Waals surface area contributed by atoms with Crippen LogP contribution < -0.4 is 0 Å². The lowest BCUT2D eigenvalue weighted by Crippen LogP contribution is -2.39. The monoisotopic (exact) mass is 658 g/mol. The van der Waals surface area contributed by atoms with Gasteiger partial charge in [0.25, 0.3) is 0 Å². The zero-order valence-electron chi connectivity index (χ0n) is 28.2. The van der Waals surface area contributed by atoms with Crippen molar-refractivity contribution in [2.24, 2.45) is 0 Å². The van der Waals surface area contributed by atoms with Crippen LogP contribution in [-0.4, -0.2) is 42.3 Å². The van der Waals surface area contributed by atoms with Crippen LogP contribution in [0.4, 0.5) is 0 Å². The molecule has 0 atom stereocenters. The molecular weight excluding hydrogens is 621 g/mol. The molecule has 5 aromatic carbocycles. The van der Waals surface area contributed by atoms with E-state index < -0.39 is 5.54 Å². The second kappa shape index (κ2) is 14.5. The van der Waals surface area contributed by atoms with Crippen molar-refractivity contribution >= 4 is 5.97 Å². The second-order valence-electron chi connectivity index (χ2n) is 12.1. The Morgan fingerprint density at radius 3 is 1.82 bits per heavy atom. The molecule has 2 heterocycles. The van der Waals surface area contributed by atoms with Gasteiger partial charge in [0.15, 0.2) is 5.82 Å². The van der Waals surface area contributed by atoms with Gasteiger partial charge in [-0.05, 0) is 57.2 Å². The number of carbonyl (C=O) groups is 1. The molecule has 50 heavy (non-hydrogen) atoms. The second-order valence-corrected chi connectivity index (χ2v) is 12.1. The number of hydrogen-bond acceptors (Lipinski definition) is 6. The lowest BCUT2D eigenvalue weighted by atomic mass is 9.77. The van der Waals surface area contributed by atoms with Crippen molar-refractivity contribution in [3.05, 3.63) is 179 Å². The SMILES string of the molecule is CCCc1ncc(C(=O)OCC)n1Cc1ccc(-c2ccccc2-c2nnnn2C(c2ccccc2)(c2ccccc2)c2ccccc2)cc1. The van der Waals surface area contributed by atoms with Crippen molar-refractivity contribution in [3.63, 3.8) is 0 Å². The van der Waals surface area contributed by atoms with E-state index in [0.29, 0.717) is 24.7 Å². The first-order valence-electron chi connectivity index (χ1n) is 17.0. The fourth-order valence-electron chi connectivity index (χ4n) is 6.77. The van der Waals surface area contributed by atoms with Crippen LogP contribution in [0.3, 0.4) is 0 Å². The van der Waals surface area contributed by atoms with Gasteiger partial charge in [-0.1, -0.05) is 146 Å². The van der Waals surface area contributed by atoms with Crippen molar-refractivity contribution in [1.82, 2.24) is 29.8 Å². The molecule has 0 aliphatic heterocycles. The van der Waals surface area contributed by atoms with Gasteiger partial charge >= 0.3 is 5.97 Å². The standard InChI is InChI=1S/C42H38N6O2/c1-3-16-39-43-29-38(41(49)50-4-2)47(39)30-31-25-27-32(28-26-31)36-23-14-15-24-37(36)40-44-45-46-48(40)42(33-17-8-5-9-18-33,34-19-10-6-11-20-34)35-21-12-7-13-22-35/h5-15,17-29H,3-4,16,30H2,1-2H3. The Morgan fingerprint density at radius 1 is 0.700 bits per heavy atom. The fourth-order valence-corrected chi connectivity index (χ4v) is 6.77.